The van der Waals surface area contributed by atoms with Gasteiger partial charge in [-0.3, -0.25) is 4.99 Å². The molecule has 0 radical (unpaired) electrons. The van der Waals surface area contributed by atoms with Crippen molar-refractivity contribution in [1.29, 1.82) is 0 Å². The van der Waals surface area contributed by atoms with Crippen LogP contribution >= 0.6 is 0 Å². The molecule has 0 aromatic rings. The summed E-state index contributed by atoms with van der Waals surface area (Å²) in [6.07, 6.45) is 1.76. The van der Waals surface area contributed by atoms with E-state index < -0.39 is 17.9 Å². The minimum atomic E-state index is -2.61. The van der Waals surface area contributed by atoms with Crippen molar-refractivity contribution in [1.82, 2.24) is 0 Å². The Balaban J connectivity index is 2.64. The highest BCUT2D eigenvalue weighted by Gasteiger charge is 2.47. The number of carbonyl (C=O) groups is 1. The van der Waals surface area contributed by atoms with Gasteiger partial charge in [0.15, 0.2) is 0 Å². The molecular formula is C10H14F2N2O2. The molecule has 0 heterocycles. The maximum atomic E-state index is 12.6. The third kappa shape index (κ3) is 3.01. The van der Waals surface area contributed by atoms with E-state index in [0.717, 1.165) is 12.3 Å². The molecule has 90 valence electrons. The van der Waals surface area contributed by atoms with Crippen molar-refractivity contribution < 1.29 is 18.7 Å². The van der Waals surface area contributed by atoms with E-state index in [0.29, 0.717) is 0 Å². The lowest BCUT2D eigenvalue weighted by Crippen LogP contribution is -2.40. The summed E-state index contributed by atoms with van der Waals surface area (Å²) in [5.74, 6) is -4.07. The van der Waals surface area contributed by atoms with Gasteiger partial charge in [0, 0.05) is 12.8 Å². The van der Waals surface area contributed by atoms with Crippen LogP contribution in [0.2, 0.25) is 0 Å². The lowest BCUT2D eigenvalue weighted by atomic mass is 9.77. The van der Waals surface area contributed by atoms with Crippen molar-refractivity contribution in [3.8, 4) is 0 Å². The first-order chi connectivity index (χ1) is 7.35. The molecule has 3 N–H and O–H groups in total. The van der Waals surface area contributed by atoms with Crippen molar-refractivity contribution in [2.75, 3.05) is 0 Å². The Bertz CT molecular complexity index is 332. The monoisotopic (exact) mass is 232 g/mol. The molecule has 1 unspecified atom stereocenters. The molecular weight excluding hydrogens is 218 g/mol. The summed E-state index contributed by atoms with van der Waals surface area (Å²) in [4.78, 5) is 14.6. The standard InChI is InChI=1S/C10H14F2N2O2/c1-6(7-4-10(11,12)5-7)14-8(2-3-13)9(15)16/h2-3,6-7H,4-5,13H2,1H3,(H,15,16)/b3-2-,14-8?. The predicted molar refractivity (Wildman–Crippen MR) is 55.5 cm³/mol. The van der Waals surface area contributed by atoms with Gasteiger partial charge in [0.05, 0.1) is 6.04 Å². The van der Waals surface area contributed by atoms with Crippen LogP contribution in [0.15, 0.2) is 17.3 Å². The minimum absolute atomic E-state index is 0.204. The van der Waals surface area contributed by atoms with Crippen molar-refractivity contribution in [3.63, 3.8) is 0 Å². The molecule has 16 heavy (non-hydrogen) atoms. The van der Waals surface area contributed by atoms with Crippen molar-refractivity contribution in [3.05, 3.63) is 12.3 Å². The number of nitrogens with zero attached hydrogens (tertiary/aromatic N) is 1. The van der Waals surface area contributed by atoms with E-state index in [1.807, 2.05) is 0 Å². The van der Waals surface area contributed by atoms with Gasteiger partial charge < -0.3 is 10.8 Å². The van der Waals surface area contributed by atoms with Crippen LogP contribution in [0.1, 0.15) is 19.8 Å². The fraction of sp³-hybridized carbons (Fsp3) is 0.600. The smallest absolute Gasteiger partial charge is 0.354 e. The van der Waals surface area contributed by atoms with E-state index in [1.54, 1.807) is 6.92 Å². The van der Waals surface area contributed by atoms with E-state index in [2.05, 4.69) is 4.99 Å². The molecule has 0 amide bonds. The molecule has 0 saturated heterocycles. The Labute approximate surface area is 91.9 Å². The highest BCUT2D eigenvalue weighted by Crippen LogP contribution is 2.44. The van der Waals surface area contributed by atoms with Crippen molar-refractivity contribution >= 4 is 11.7 Å². The number of alkyl halides is 2. The van der Waals surface area contributed by atoms with Crippen LogP contribution in [-0.2, 0) is 4.79 Å². The zero-order chi connectivity index (χ0) is 12.3. The van der Waals surface area contributed by atoms with Gasteiger partial charge in [-0.15, -0.1) is 0 Å². The van der Waals surface area contributed by atoms with Crippen molar-refractivity contribution in [2.45, 2.75) is 31.7 Å². The molecule has 1 atom stereocenters. The van der Waals surface area contributed by atoms with E-state index >= 15 is 0 Å². The SMILES string of the molecule is CC(N=C(/C=C\N)C(=O)O)C1CC(F)(F)C1. The summed E-state index contributed by atoms with van der Waals surface area (Å²) in [6.45, 7) is 1.63. The predicted octanol–water partition coefficient (Wildman–Crippen LogP) is 1.42. The highest BCUT2D eigenvalue weighted by molar-refractivity contribution is 6.40. The number of aliphatic carboxylic acids is 1. The van der Waals surface area contributed by atoms with Crippen LogP contribution in [-0.4, -0.2) is 28.8 Å². The van der Waals surface area contributed by atoms with Gasteiger partial charge in [-0.05, 0) is 25.1 Å². The summed E-state index contributed by atoms with van der Waals surface area (Å²) in [5.41, 5.74) is 4.86. The van der Waals surface area contributed by atoms with Gasteiger partial charge in [0.25, 0.3) is 0 Å². The summed E-state index contributed by atoms with van der Waals surface area (Å²) < 4.78 is 25.2. The molecule has 0 bridgehead atoms. The van der Waals surface area contributed by atoms with Crippen LogP contribution in [0.3, 0.4) is 0 Å². The lowest BCUT2D eigenvalue weighted by Gasteiger charge is -2.37. The number of rotatable bonds is 4. The molecule has 1 rings (SSSR count). The number of carboxylic acids is 1. The first-order valence-electron chi connectivity index (χ1n) is 4.93. The first kappa shape index (κ1) is 12.6. The molecule has 6 heteroatoms. The van der Waals surface area contributed by atoms with Crippen LogP contribution in [0.5, 0.6) is 0 Å². The van der Waals surface area contributed by atoms with E-state index in [-0.39, 0.29) is 24.5 Å². The largest absolute Gasteiger partial charge is 0.477 e. The number of carboxylic acid groups (broad SMARTS) is 1. The van der Waals surface area contributed by atoms with Gasteiger partial charge in [-0.25, -0.2) is 13.6 Å². The molecule has 4 nitrogen and oxygen atoms in total. The molecule has 0 aromatic carbocycles. The molecule has 0 aliphatic heterocycles. The highest BCUT2D eigenvalue weighted by atomic mass is 19.3. The molecule has 1 aliphatic carbocycles. The van der Waals surface area contributed by atoms with E-state index in [9.17, 15) is 13.6 Å². The number of nitrogens with two attached hydrogens (primary N) is 1. The van der Waals surface area contributed by atoms with Gasteiger partial charge in [-0.2, -0.15) is 0 Å². The fourth-order valence-corrected chi connectivity index (χ4v) is 1.63. The van der Waals surface area contributed by atoms with E-state index in [4.69, 9.17) is 10.8 Å². The average molecular weight is 232 g/mol. The number of halogens is 2. The van der Waals surface area contributed by atoms with Crippen LogP contribution in [0.25, 0.3) is 0 Å². The second kappa shape index (κ2) is 4.59. The van der Waals surface area contributed by atoms with Crippen molar-refractivity contribution in [2.24, 2.45) is 16.6 Å². The Morgan fingerprint density at radius 2 is 2.19 bits per heavy atom. The fourth-order valence-electron chi connectivity index (χ4n) is 1.63. The summed E-state index contributed by atoms with van der Waals surface area (Å²) in [7, 11) is 0. The maximum absolute atomic E-state index is 12.6. The van der Waals surface area contributed by atoms with Gasteiger partial charge in [0.2, 0.25) is 5.92 Å². The Kier molecular flexibility index (Phi) is 3.62. The Morgan fingerprint density at radius 3 is 2.56 bits per heavy atom. The molecule has 1 aliphatic rings. The first-order valence-corrected chi connectivity index (χ1v) is 4.93. The van der Waals surface area contributed by atoms with Gasteiger partial charge in [0.1, 0.15) is 5.71 Å². The summed E-state index contributed by atoms with van der Waals surface area (Å²) in [5, 5.41) is 8.74. The van der Waals surface area contributed by atoms with Crippen LogP contribution < -0.4 is 5.73 Å². The number of hydrogen-bond donors (Lipinski definition) is 2. The number of hydrogen-bond acceptors (Lipinski definition) is 3. The third-order valence-electron chi connectivity index (χ3n) is 2.62. The van der Waals surface area contributed by atoms with Crippen LogP contribution in [0.4, 0.5) is 8.78 Å². The quantitative estimate of drug-likeness (QED) is 0.720. The van der Waals surface area contributed by atoms with Crippen LogP contribution in [0, 0.1) is 5.92 Å². The Hall–Kier alpha value is -1.46. The maximum Gasteiger partial charge on any atom is 0.354 e. The third-order valence-corrected chi connectivity index (χ3v) is 2.62. The molecule has 0 spiro atoms. The second-order valence-electron chi connectivity index (χ2n) is 3.94. The molecule has 1 saturated carbocycles. The average Bonchev–Trinajstić information content (AvgIpc) is 2.12. The summed E-state index contributed by atoms with van der Waals surface area (Å²) >= 11 is 0. The Morgan fingerprint density at radius 1 is 1.62 bits per heavy atom. The van der Waals surface area contributed by atoms with Gasteiger partial charge in [-0.1, -0.05) is 0 Å². The molecule has 1 fully saturated rings. The van der Waals surface area contributed by atoms with Gasteiger partial charge >= 0.3 is 5.97 Å². The number of aliphatic imine (C=N–C) groups is 1. The zero-order valence-corrected chi connectivity index (χ0v) is 8.86. The van der Waals surface area contributed by atoms with E-state index in [1.165, 1.54) is 0 Å². The topological polar surface area (TPSA) is 75.7 Å². The summed E-state index contributed by atoms with van der Waals surface area (Å²) in [6, 6.07) is -0.429. The lowest BCUT2D eigenvalue weighted by molar-refractivity contribution is -0.129. The normalized spacial score (nSPS) is 23.1. The zero-order valence-electron chi connectivity index (χ0n) is 8.86. The molecule has 0 aromatic heterocycles. The second-order valence-corrected chi connectivity index (χ2v) is 3.94. The minimum Gasteiger partial charge on any atom is -0.477 e.